The van der Waals surface area contributed by atoms with Crippen LogP contribution in [0.25, 0.3) is 0 Å². The lowest BCUT2D eigenvalue weighted by molar-refractivity contribution is 0.00580. The van der Waals surface area contributed by atoms with Crippen LogP contribution in [0, 0.1) is 5.92 Å². The first-order chi connectivity index (χ1) is 14.7. The molecule has 0 unspecified atom stereocenters. The minimum absolute atomic E-state index is 0.108. The maximum absolute atomic E-state index is 13.1. The molecule has 4 nitrogen and oxygen atoms in total. The number of nitrogens with one attached hydrogen (secondary N) is 1. The molecule has 2 aromatic rings. The van der Waals surface area contributed by atoms with E-state index in [0.29, 0.717) is 24.5 Å². The number of halogens is 1. The predicted octanol–water partition coefficient (Wildman–Crippen LogP) is 4.68. The minimum atomic E-state index is 0.108. The average Bonchev–Trinajstić information content (AvgIpc) is 2.78. The Morgan fingerprint density at radius 3 is 2.83 bits per heavy atom. The van der Waals surface area contributed by atoms with Gasteiger partial charge >= 0.3 is 6.03 Å². The Bertz CT molecular complexity index is 903. The van der Waals surface area contributed by atoms with Crippen molar-refractivity contribution in [3.8, 4) is 0 Å². The third kappa shape index (κ3) is 3.83. The fourth-order valence-corrected chi connectivity index (χ4v) is 6.04. The Labute approximate surface area is 184 Å². The molecule has 3 aliphatic heterocycles. The quantitative estimate of drug-likeness (QED) is 0.778. The lowest BCUT2D eigenvalue weighted by Gasteiger charge is -2.52. The molecule has 0 bridgehead atoms. The van der Waals surface area contributed by atoms with Gasteiger partial charge in [0.2, 0.25) is 0 Å². The van der Waals surface area contributed by atoms with Gasteiger partial charge in [-0.05, 0) is 60.8 Å². The van der Waals surface area contributed by atoms with E-state index in [-0.39, 0.29) is 6.03 Å². The normalized spacial score (nSPS) is 25.8. The van der Waals surface area contributed by atoms with Crippen LogP contribution in [0.2, 0.25) is 5.02 Å². The van der Waals surface area contributed by atoms with E-state index < -0.39 is 0 Å². The number of urea groups is 1. The van der Waals surface area contributed by atoms with E-state index in [1.54, 1.807) is 0 Å². The van der Waals surface area contributed by atoms with Crippen molar-refractivity contribution in [1.82, 2.24) is 15.1 Å². The van der Waals surface area contributed by atoms with Crippen molar-refractivity contribution < 1.29 is 4.79 Å². The smallest absolute Gasteiger partial charge is 0.317 e. The first-order valence-electron chi connectivity index (χ1n) is 11.3. The van der Waals surface area contributed by atoms with Crippen LogP contribution in [-0.2, 0) is 12.8 Å². The van der Waals surface area contributed by atoms with Gasteiger partial charge < -0.3 is 10.2 Å². The topological polar surface area (TPSA) is 35.6 Å². The van der Waals surface area contributed by atoms with Crippen LogP contribution in [0.1, 0.15) is 42.0 Å². The van der Waals surface area contributed by atoms with E-state index in [1.807, 2.05) is 12.1 Å². The summed E-state index contributed by atoms with van der Waals surface area (Å²) in [7, 11) is 0. The highest BCUT2D eigenvalue weighted by atomic mass is 35.5. The second-order valence-electron chi connectivity index (χ2n) is 8.93. The van der Waals surface area contributed by atoms with E-state index in [4.69, 9.17) is 11.6 Å². The first kappa shape index (κ1) is 19.9. The van der Waals surface area contributed by atoms with Gasteiger partial charge in [-0.15, -0.1) is 0 Å². The van der Waals surface area contributed by atoms with Crippen LogP contribution in [0.15, 0.2) is 48.5 Å². The lowest BCUT2D eigenvalue weighted by atomic mass is 9.77. The van der Waals surface area contributed by atoms with Crippen molar-refractivity contribution in [3.63, 3.8) is 0 Å². The molecule has 3 aliphatic rings. The zero-order valence-electron chi connectivity index (χ0n) is 17.4. The Balaban J connectivity index is 1.28. The molecule has 2 amide bonds. The van der Waals surface area contributed by atoms with E-state index in [0.717, 1.165) is 50.3 Å². The third-order valence-electron chi connectivity index (χ3n) is 7.25. The molecule has 3 atom stereocenters. The SMILES string of the molecule is O=C(NCCc1ccccc1)N1CCC[C@H]2CN3CCc4c(Cl)cccc4[C@H]3C[C@H]21. The number of rotatable bonds is 3. The molecule has 30 heavy (non-hydrogen) atoms. The molecule has 2 fully saturated rings. The second kappa shape index (κ2) is 8.60. The Morgan fingerprint density at radius 2 is 1.97 bits per heavy atom. The van der Waals surface area contributed by atoms with Gasteiger partial charge in [-0.3, -0.25) is 4.90 Å². The van der Waals surface area contributed by atoms with Crippen molar-refractivity contribution in [2.24, 2.45) is 5.92 Å². The zero-order chi connectivity index (χ0) is 20.5. The molecule has 0 spiro atoms. The molecule has 0 radical (unpaired) electrons. The fraction of sp³-hybridized carbons (Fsp3) is 0.480. The highest BCUT2D eigenvalue weighted by Crippen LogP contribution is 2.44. The van der Waals surface area contributed by atoms with Crippen molar-refractivity contribution >= 4 is 17.6 Å². The molecule has 5 heteroatoms. The number of fused-ring (bicyclic) bond motifs is 4. The van der Waals surface area contributed by atoms with Crippen LogP contribution < -0.4 is 5.32 Å². The highest BCUT2D eigenvalue weighted by molar-refractivity contribution is 6.31. The number of amides is 2. The fourth-order valence-electron chi connectivity index (χ4n) is 5.77. The number of likely N-dealkylation sites (tertiary alicyclic amines) is 1. The van der Waals surface area contributed by atoms with Gasteiger partial charge in [-0.2, -0.15) is 0 Å². The van der Waals surface area contributed by atoms with Crippen LogP contribution in [-0.4, -0.2) is 48.1 Å². The Kier molecular flexibility index (Phi) is 5.70. The van der Waals surface area contributed by atoms with Gasteiger partial charge in [0.15, 0.2) is 0 Å². The monoisotopic (exact) mass is 423 g/mol. The summed E-state index contributed by atoms with van der Waals surface area (Å²) in [5, 5.41) is 4.08. The Hall–Kier alpha value is -2.04. The minimum Gasteiger partial charge on any atom is -0.338 e. The summed E-state index contributed by atoms with van der Waals surface area (Å²) in [6.45, 7) is 3.72. The van der Waals surface area contributed by atoms with E-state index in [1.165, 1.54) is 23.1 Å². The van der Waals surface area contributed by atoms with Gasteiger partial charge in [0.25, 0.3) is 0 Å². The number of piperidine rings is 2. The standard InChI is InChI=1S/C25H30ClN3O/c26-22-10-4-9-21-20(22)12-15-28-17-19-8-5-14-29(23(19)16-24(21)28)25(30)27-13-11-18-6-2-1-3-7-18/h1-4,6-7,9-10,19,23-24H,5,8,11-17H2,(H,27,30)/t19-,23+,24+/m0/s1. The molecule has 0 aromatic heterocycles. The van der Waals surface area contributed by atoms with Crippen molar-refractivity contribution in [3.05, 3.63) is 70.2 Å². The van der Waals surface area contributed by atoms with E-state index in [2.05, 4.69) is 51.5 Å². The van der Waals surface area contributed by atoms with Gasteiger partial charge in [0, 0.05) is 43.3 Å². The van der Waals surface area contributed by atoms with Gasteiger partial charge in [-0.1, -0.05) is 54.1 Å². The largest absolute Gasteiger partial charge is 0.338 e. The molecule has 2 aromatic carbocycles. The van der Waals surface area contributed by atoms with Crippen LogP contribution in [0.3, 0.4) is 0 Å². The summed E-state index contributed by atoms with van der Waals surface area (Å²) in [4.78, 5) is 17.9. The molecule has 0 aliphatic carbocycles. The van der Waals surface area contributed by atoms with Gasteiger partial charge in [0.1, 0.15) is 0 Å². The highest BCUT2D eigenvalue weighted by Gasteiger charge is 2.44. The van der Waals surface area contributed by atoms with Crippen LogP contribution in [0.4, 0.5) is 4.79 Å². The molecular weight excluding hydrogens is 394 g/mol. The Morgan fingerprint density at radius 1 is 1.10 bits per heavy atom. The summed E-state index contributed by atoms with van der Waals surface area (Å²) < 4.78 is 0. The summed E-state index contributed by atoms with van der Waals surface area (Å²) >= 11 is 6.50. The number of carbonyl (C=O) groups is 1. The van der Waals surface area contributed by atoms with Crippen LogP contribution in [0.5, 0.6) is 0 Å². The lowest BCUT2D eigenvalue weighted by Crippen LogP contribution is -2.59. The van der Waals surface area contributed by atoms with E-state index in [9.17, 15) is 4.79 Å². The number of hydrogen-bond acceptors (Lipinski definition) is 2. The summed E-state index contributed by atoms with van der Waals surface area (Å²) in [6.07, 6.45) is 5.26. The zero-order valence-corrected chi connectivity index (χ0v) is 18.2. The number of hydrogen-bond donors (Lipinski definition) is 1. The van der Waals surface area contributed by atoms with Crippen LogP contribution >= 0.6 is 11.6 Å². The van der Waals surface area contributed by atoms with Gasteiger partial charge in [-0.25, -0.2) is 4.79 Å². The second-order valence-corrected chi connectivity index (χ2v) is 9.34. The van der Waals surface area contributed by atoms with Crippen molar-refractivity contribution in [2.45, 2.75) is 44.2 Å². The molecule has 0 saturated carbocycles. The average molecular weight is 424 g/mol. The van der Waals surface area contributed by atoms with Crippen molar-refractivity contribution in [2.75, 3.05) is 26.2 Å². The number of carbonyl (C=O) groups excluding carboxylic acids is 1. The van der Waals surface area contributed by atoms with Crippen molar-refractivity contribution in [1.29, 1.82) is 0 Å². The van der Waals surface area contributed by atoms with Gasteiger partial charge in [0.05, 0.1) is 0 Å². The maximum Gasteiger partial charge on any atom is 0.317 e. The third-order valence-corrected chi connectivity index (χ3v) is 7.60. The summed E-state index contributed by atoms with van der Waals surface area (Å²) in [5.41, 5.74) is 3.95. The molecule has 3 heterocycles. The summed E-state index contributed by atoms with van der Waals surface area (Å²) in [5.74, 6) is 0.579. The molecule has 2 saturated heterocycles. The number of nitrogens with zero attached hydrogens (tertiary/aromatic N) is 2. The summed E-state index contributed by atoms with van der Waals surface area (Å²) in [6, 6.07) is 17.5. The molecule has 5 rings (SSSR count). The number of benzene rings is 2. The molecular formula is C25H30ClN3O. The predicted molar refractivity (Wildman–Crippen MR) is 121 cm³/mol. The maximum atomic E-state index is 13.1. The first-order valence-corrected chi connectivity index (χ1v) is 11.7. The molecule has 158 valence electrons. The van der Waals surface area contributed by atoms with E-state index >= 15 is 0 Å². The molecule has 1 N–H and O–H groups in total.